The molecule has 0 heterocycles. The van der Waals surface area contributed by atoms with Crippen LogP contribution in [-0.2, 0) is 4.79 Å². The zero-order chi connectivity index (χ0) is 15.1. The number of anilines is 1. The lowest BCUT2D eigenvalue weighted by Gasteiger charge is -2.04. The fourth-order valence-corrected chi connectivity index (χ4v) is 1.62. The highest BCUT2D eigenvalue weighted by molar-refractivity contribution is 5.84. The number of rotatable bonds is 5. The van der Waals surface area contributed by atoms with Crippen LogP contribution in [0, 0.1) is 12.7 Å². The summed E-state index contributed by atoms with van der Waals surface area (Å²) in [5.74, 6) is -0.588. The standard InChI is InChI=1S/C16H16FN3O/c1-12-2-4-13(5-3-12)10-19-20-16(21)11-18-15-8-6-14(17)7-9-15/h2-10,18H,11H2,1H3,(H,20,21)/b19-10+. The van der Waals surface area contributed by atoms with Crippen LogP contribution in [0.15, 0.2) is 53.6 Å². The molecule has 2 rings (SSSR count). The van der Waals surface area contributed by atoms with Crippen LogP contribution in [0.5, 0.6) is 0 Å². The normalized spacial score (nSPS) is 10.6. The molecule has 0 fully saturated rings. The largest absolute Gasteiger partial charge is 0.376 e. The molecule has 21 heavy (non-hydrogen) atoms. The molecular formula is C16H16FN3O. The zero-order valence-corrected chi connectivity index (χ0v) is 11.6. The summed E-state index contributed by atoms with van der Waals surface area (Å²) in [7, 11) is 0. The smallest absolute Gasteiger partial charge is 0.259 e. The van der Waals surface area contributed by atoms with Crippen molar-refractivity contribution in [2.75, 3.05) is 11.9 Å². The highest BCUT2D eigenvalue weighted by Gasteiger charge is 1.99. The quantitative estimate of drug-likeness (QED) is 0.655. The minimum absolute atomic E-state index is 0.0663. The molecule has 0 aliphatic carbocycles. The second-order valence-electron chi connectivity index (χ2n) is 4.56. The molecule has 0 unspecified atom stereocenters. The number of hydrogen-bond donors (Lipinski definition) is 2. The van der Waals surface area contributed by atoms with Gasteiger partial charge >= 0.3 is 0 Å². The SMILES string of the molecule is Cc1ccc(/C=N/NC(=O)CNc2ccc(F)cc2)cc1. The van der Waals surface area contributed by atoms with Crippen molar-refractivity contribution < 1.29 is 9.18 Å². The molecule has 1 amide bonds. The third-order valence-electron chi connectivity index (χ3n) is 2.78. The van der Waals surface area contributed by atoms with E-state index in [1.54, 1.807) is 18.3 Å². The second kappa shape index (κ2) is 7.19. The van der Waals surface area contributed by atoms with Gasteiger partial charge in [0, 0.05) is 5.69 Å². The fraction of sp³-hybridized carbons (Fsp3) is 0.125. The van der Waals surface area contributed by atoms with Crippen LogP contribution in [0.1, 0.15) is 11.1 Å². The molecule has 2 aromatic carbocycles. The maximum Gasteiger partial charge on any atom is 0.259 e. The van der Waals surface area contributed by atoms with Crippen molar-refractivity contribution in [1.82, 2.24) is 5.43 Å². The van der Waals surface area contributed by atoms with Gasteiger partial charge in [0.15, 0.2) is 0 Å². The lowest BCUT2D eigenvalue weighted by atomic mass is 10.2. The van der Waals surface area contributed by atoms with E-state index in [4.69, 9.17) is 0 Å². The minimum Gasteiger partial charge on any atom is -0.376 e. The van der Waals surface area contributed by atoms with E-state index in [9.17, 15) is 9.18 Å². The maximum absolute atomic E-state index is 12.7. The number of carbonyl (C=O) groups is 1. The topological polar surface area (TPSA) is 53.5 Å². The van der Waals surface area contributed by atoms with Crippen LogP contribution >= 0.6 is 0 Å². The maximum atomic E-state index is 12.7. The van der Waals surface area contributed by atoms with E-state index in [0.29, 0.717) is 5.69 Å². The molecule has 0 aromatic heterocycles. The molecule has 0 atom stereocenters. The van der Waals surface area contributed by atoms with Crippen LogP contribution in [-0.4, -0.2) is 18.7 Å². The Morgan fingerprint density at radius 3 is 2.48 bits per heavy atom. The third kappa shape index (κ3) is 5.06. The average Bonchev–Trinajstić information content (AvgIpc) is 2.49. The summed E-state index contributed by atoms with van der Waals surface area (Å²) in [5, 5.41) is 6.75. The highest BCUT2D eigenvalue weighted by atomic mass is 19.1. The number of benzene rings is 2. The van der Waals surface area contributed by atoms with Crippen LogP contribution in [0.3, 0.4) is 0 Å². The van der Waals surface area contributed by atoms with Gasteiger partial charge in [-0.3, -0.25) is 4.79 Å². The summed E-state index contributed by atoms with van der Waals surface area (Å²) in [5.41, 5.74) is 5.17. The molecule has 0 saturated heterocycles. The van der Waals surface area contributed by atoms with Crippen LogP contribution in [0.25, 0.3) is 0 Å². The first-order chi connectivity index (χ1) is 10.1. The van der Waals surface area contributed by atoms with Crippen molar-refractivity contribution in [3.63, 3.8) is 0 Å². The van der Waals surface area contributed by atoms with Gasteiger partial charge in [-0.25, -0.2) is 9.82 Å². The molecular weight excluding hydrogens is 269 g/mol. The summed E-state index contributed by atoms with van der Waals surface area (Å²) in [6, 6.07) is 13.6. The molecule has 0 saturated carbocycles. The molecule has 5 heteroatoms. The van der Waals surface area contributed by atoms with E-state index < -0.39 is 0 Å². The predicted octanol–water partition coefficient (Wildman–Crippen LogP) is 2.70. The molecule has 2 aromatic rings. The van der Waals surface area contributed by atoms with Crippen molar-refractivity contribution in [2.24, 2.45) is 5.10 Å². The first-order valence-electron chi connectivity index (χ1n) is 6.51. The Bertz CT molecular complexity index is 621. The van der Waals surface area contributed by atoms with Gasteiger partial charge in [0.05, 0.1) is 12.8 Å². The van der Waals surface area contributed by atoms with Gasteiger partial charge in [0.1, 0.15) is 5.82 Å². The lowest BCUT2D eigenvalue weighted by molar-refractivity contribution is -0.119. The van der Waals surface area contributed by atoms with Crippen molar-refractivity contribution >= 4 is 17.8 Å². The second-order valence-corrected chi connectivity index (χ2v) is 4.56. The van der Waals surface area contributed by atoms with E-state index in [-0.39, 0.29) is 18.3 Å². The number of hydrazone groups is 1. The van der Waals surface area contributed by atoms with E-state index >= 15 is 0 Å². The Balaban J connectivity index is 1.77. The van der Waals surface area contributed by atoms with Gasteiger partial charge in [-0.15, -0.1) is 0 Å². The number of amides is 1. The molecule has 0 spiro atoms. The molecule has 0 radical (unpaired) electrons. The summed E-state index contributed by atoms with van der Waals surface area (Å²) < 4.78 is 12.7. The lowest BCUT2D eigenvalue weighted by Crippen LogP contribution is -2.25. The number of nitrogens with one attached hydrogen (secondary N) is 2. The minimum atomic E-state index is -0.312. The zero-order valence-electron chi connectivity index (χ0n) is 11.6. The first-order valence-corrected chi connectivity index (χ1v) is 6.51. The van der Waals surface area contributed by atoms with Crippen molar-refractivity contribution in [1.29, 1.82) is 0 Å². The van der Waals surface area contributed by atoms with Gasteiger partial charge < -0.3 is 5.32 Å². The summed E-state index contributed by atoms with van der Waals surface area (Å²) in [6.45, 7) is 2.07. The van der Waals surface area contributed by atoms with Crippen LogP contribution < -0.4 is 10.7 Å². The third-order valence-corrected chi connectivity index (χ3v) is 2.78. The van der Waals surface area contributed by atoms with E-state index in [1.807, 2.05) is 31.2 Å². The fourth-order valence-electron chi connectivity index (χ4n) is 1.62. The molecule has 4 nitrogen and oxygen atoms in total. The average molecular weight is 285 g/mol. The van der Waals surface area contributed by atoms with Gasteiger partial charge in [0.25, 0.3) is 5.91 Å². The van der Waals surface area contributed by atoms with E-state index in [1.165, 1.54) is 17.7 Å². The Labute approximate surface area is 122 Å². The number of aryl methyl sites for hydroxylation is 1. The number of carbonyl (C=O) groups excluding carboxylic acids is 1. The van der Waals surface area contributed by atoms with Gasteiger partial charge in [-0.1, -0.05) is 29.8 Å². The highest BCUT2D eigenvalue weighted by Crippen LogP contribution is 2.07. The monoisotopic (exact) mass is 285 g/mol. The molecule has 2 N–H and O–H groups in total. The van der Waals surface area contributed by atoms with Crippen LogP contribution in [0.4, 0.5) is 10.1 Å². The first kappa shape index (κ1) is 14.7. The summed E-state index contributed by atoms with van der Waals surface area (Å²) in [6.07, 6.45) is 1.58. The van der Waals surface area contributed by atoms with Gasteiger partial charge in [-0.05, 0) is 36.8 Å². The predicted molar refractivity (Wildman–Crippen MR) is 81.8 cm³/mol. The molecule has 0 bridgehead atoms. The van der Waals surface area contributed by atoms with E-state index in [2.05, 4.69) is 15.8 Å². The van der Waals surface area contributed by atoms with Gasteiger partial charge in [0.2, 0.25) is 0 Å². The number of hydrogen-bond acceptors (Lipinski definition) is 3. The van der Waals surface area contributed by atoms with Crippen molar-refractivity contribution in [2.45, 2.75) is 6.92 Å². The molecule has 0 aliphatic heterocycles. The molecule has 108 valence electrons. The summed E-state index contributed by atoms with van der Waals surface area (Å²) >= 11 is 0. The number of nitrogens with zero attached hydrogens (tertiary/aromatic N) is 1. The Morgan fingerprint density at radius 2 is 1.81 bits per heavy atom. The summed E-state index contributed by atoms with van der Waals surface area (Å²) in [4.78, 5) is 11.6. The van der Waals surface area contributed by atoms with Crippen molar-refractivity contribution in [3.8, 4) is 0 Å². The Morgan fingerprint density at radius 1 is 1.14 bits per heavy atom. The Hall–Kier alpha value is -2.69. The Kier molecular flexibility index (Phi) is 5.04. The van der Waals surface area contributed by atoms with Crippen LogP contribution in [0.2, 0.25) is 0 Å². The number of halogens is 1. The van der Waals surface area contributed by atoms with E-state index in [0.717, 1.165) is 5.56 Å². The van der Waals surface area contributed by atoms with Crippen molar-refractivity contribution in [3.05, 3.63) is 65.5 Å². The molecule has 0 aliphatic rings. The van der Waals surface area contributed by atoms with Gasteiger partial charge in [-0.2, -0.15) is 5.10 Å².